The van der Waals surface area contributed by atoms with E-state index in [9.17, 15) is 0 Å². The molecule has 1 rings (SSSR count). The molecule has 0 atom stereocenters. The Morgan fingerprint density at radius 2 is 2.33 bits per heavy atom. The summed E-state index contributed by atoms with van der Waals surface area (Å²) >= 11 is 0. The number of aromatic nitrogens is 3. The smallest absolute Gasteiger partial charge is 0.152 e. The molecule has 0 aromatic carbocycles. The highest BCUT2D eigenvalue weighted by Crippen LogP contribution is 1.98. The number of hydrogen-bond donors (Lipinski definition) is 1. The van der Waals surface area contributed by atoms with Crippen LogP contribution in [0.5, 0.6) is 0 Å². The van der Waals surface area contributed by atoms with Crippen molar-refractivity contribution in [3.05, 3.63) is 12.3 Å². The molecule has 0 aliphatic heterocycles. The van der Waals surface area contributed by atoms with Gasteiger partial charge >= 0.3 is 0 Å². The highest BCUT2D eigenvalue weighted by Gasteiger charge is 1.90. The first-order chi connectivity index (χ1) is 5.93. The van der Waals surface area contributed by atoms with Gasteiger partial charge in [-0.15, -0.1) is 10.2 Å². The Kier molecular flexibility index (Phi) is 4.05. The third-order valence-corrected chi connectivity index (χ3v) is 1.59. The summed E-state index contributed by atoms with van der Waals surface area (Å²) in [5.41, 5.74) is 0. The van der Waals surface area contributed by atoms with Crippen molar-refractivity contribution in [2.24, 2.45) is 0 Å². The Balaban J connectivity index is 2.16. The second kappa shape index (κ2) is 5.46. The summed E-state index contributed by atoms with van der Waals surface area (Å²) in [5, 5.41) is 14.1. The van der Waals surface area contributed by atoms with Crippen LogP contribution in [0.25, 0.3) is 0 Å². The quantitative estimate of drug-likeness (QED) is 0.673. The highest BCUT2D eigenvalue weighted by molar-refractivity contribution is 5.29. The minimum Gasteiger partial charge on any atom is -0.368 e. The molecule has 1 aromatic heterocycles. The van der Waals surface area contributed by atoms with Gasteiger partial charge < -0.3 is 5.32 Å². The minimum absolute atomic E-state index is 0.807. The second-order valence-electron chi connectivity index (χ2n) is 2.64. The molecule has 0 fully saturated rings. The zero-order chi connectivity index (χ0) is 8.65. The molecule has 0 spiro atoms. The van der Waals surface area contributed by atoms with Crippen molar-refractivity contribution in [1.82, 2.24) is 15.4 Å². The lowest BCUT2D eigenvalue weighted by Crippen LogP contribution is -2.03. The summed E-state index contributed by atoms with van der Waals surface area (Å²) in [6.07, 6.45) is 5.31. The molecule has 1 heterocycles. The van der Waals surface area contributed by atoms with E-state index >= 15 is 0 Å². The summed E-state index contributed by atoms with van der Waals surface area (Å²) in [7, 11) is 0. The molecule has 0 bridgehead atoms. The average Bonchev–Trinajstić information content (AvgIpc) is 2.14. The number of hydrogen-bond acceptors (Lipinski definition) is 4. The van der Waals surface area contributed by atoms with Crippen LogP contribution in [0.15, 0.2) is 12.3 Å². The van der Waals surface area contributed by atoms with Crippen molar-refractivity contribution in [3.63, 3.8) is 0 Å². The van der Waals surface area contributed by atoms with Gasteiger partial charge in [0.25, 0.3) is 0 Å². The minimum atomic E-state index is 0.807. The third-order valence-electron chi connectivity index (χ3n) is 1.59. The van der Waals surface area contributed by atoms with E-state index in [4.69, 9.17) is 0 Å². The van der Waals surface area contributed by atoms with Crippen molar-refractivity contribution in [2.45, 2.75) is 26.2 Å². The molecule has 0 unspecified atom stereocenters. The third kappa shape index (κ3) is 3.27. The lowest BCUT2D eigenvalue weighted by atomic mass is 10.2. The van der Waals surface area contributed by atoms with Gasteiger partial charge in [0.05, 0.1) is 6.20 Å². The number of nitrogens with one attached hydrogen (secondary N) is 1. The summed E-state index contributed by atoms with van der Waals surface area (Å²) in [4.78, 5) is 0. The predicted molar refractivity (Wildman–Crippen MR) is 47.8 cm³/mol. The lowest BCUT2D eigenvalue weighted by molar-refractivity contribution is 0.739. The molecule has 0 radical (unpaired) electrons. The van der Waals surface area contributed by atoms with Gasteiger partial charge in [-0.3, -0.25) is 0 Å². The molecule has 4 heteroatoms. The van der Waals surface area contributed by atoms with E-state index in [1.165, 1.54) is 19.3 Å². The lowest BCUT2D eigenvalue weighted by Gasteiger charge is -2.01. The largest absolute Gasteiger partial charge is 0.368 e. The summed E-state index contributed by atoms with van der Waals surface area (Å²) < 4.78 is 0. The zero-order valence-corrected chi connectivity index (χ0v) is 7.32. The fourth-order valence-corrected chi connectivity index (χ4v) is 0.927. The fraction of sp³-hybridized carbons (Fsp3) is 0.625. The van der Waals surface area contributed by atoms with E-state index in [0.29, 0.717) is 0 Å². The first kappa shape index (κ1) is 8.90. The van der Waals surface area contributed by atoms with Crippen LogP contribution in [0.1, 0.15) is 26.2 Å². The Labute approximate surface area is 72.4 Å². The Bertz CT molecular complexity index is 199. The highest BCUT2D eigenvalue weighted by atomic mass is 15.3. The number of unbranched alkanes of at least 4 members (excludes halogenated alkanes) is 2. The van der Waals surface area contributed by atoms with Gasteiger partial charge in [-0.1, -0.05) is 19.8 Å². The predicted octanol–water partition coefficient (Wildman–Crippen LogP) is 1.47. The van der Waals surface area contributed by atoms with E-state index in [2.05, 4.69) is 27.7 Å². The van der Waals surface area contributed by atoms with Crippen LogP contribution in [-0.2, 0) is 0 Å². The fourth-order valence-electron chi connectivity index (χ4n) is 0.927. The van der Waals surface area contributed by atoms with Gasteiger partial charge in [0.2, 0.25) is 0 Å². The zero-order valence-electron chi connectivity index (χ0n) is 7.32. The van der Waals surface area contributed by atoms with Gasteiger partial charge in [-0.05, 0) is 11.6 Å². The number of anilines is 1. The van der Waals surface area contributed by atoms with Gasteiger partial charge in [-0.2, -0.15) is 0 Å². The van der Waals surface area contributed by atoms with Gasteiger partial charge in [-0.25, -0.2) is 0 Å². The van der Waals surface area contributed by atoms with Crippen molar-refractivity contribution in [2.75, 3.05) is 11.9 Å². The van der Waals surface area contributed by atoms with Crippen LogP contribution in [-0.4, -0.2) is 22.0 Å². The first-order valence-corrected chi connectivity index (χ1v) is 4.31. The van der Waals surface area contributed by atoms with Crippen LogP contribution in [0, 0.1) is 0 Å². The SMILES string of the molecule is CCCCCNc1ccnnn1. The molecule has 4 nitrogen and oxygen atoms in total. The van der Waals surface area contributed by atoms with Crippen molar-refractivity contribution in [3.8, 4) is 0 Å². The van der Waals surface area contributed by atoms with Gasteiger partial charge in [0.1, 0.15) is 0 Å². The summed E-state index contributed by atoms with van der Waals surface area (Å²) in [5.74, 6) is 0.807. The molecule has 0 saturated carbocycles. The monoisotopic (exact) mass is 166 g/mol. The standard InChI is InChI=1S/C8H14N4/c1-2-3-4-6-9-8-5-7-10-12-11-8/h5,7H,2-4,6H2,1H3,(H,9,10,11). The normalized spacial score (nSPS) is 9.75. The van der Waals surface area contributed by atoms with Crippen LogP contribution in [0.4, 0.5) is 5.82 Å². The van der Waals surface area contributed by atoms with Crippen LogP contribution in [0.3, 0.4) is 0 Å². The average molecular weight is 166 g/mol. The number of rotatable bonds is 5. The first-order valence-electron chi connectivity index (χ1n) is 4.31. The van der Waals surface area contributed by atoms with Crippen LogP contribution >= 0.6 is 0 Å². The van der Waals surface area contributed by atoms with Gasteiger partial charge in [0.15, 0.2) is 5.82 Å². The Morgan fingerprint density at radius 1 is 1.42 bits per heavy atom. The molecule has 0 aliphatic carbocycles. The van der Waals surface area contributed by atoms with E-state index in [1.54, 1.807) is 6.20 Å². The second-order valence-corrected chi connectivity index (χ2v) is 2.64. The van der Waals surface area contributed by atoms with E-state index in [1.807, 2.05) is 6.07 Å². The van der Waals surface area contributed by atoms with E-state index < -0.39 is 0 Å². The maximum atomic E-state index is 3.80. The Morgan fingerprint density at radius 3 is 3.00 bits per heavy atom. The molecule has 66 valence electrons. The molecular weight excluding hydrogens is 152 g/mol. The molecule has 0 amide bonds. The molecule has 1 aromatic rings. The van der Waals surface area contributed by atoms with Crippen molar-refractivity contribution >= 4 is 5.82 Å². The van der Waals surface area contributed by atoms with Gasteiger partial charge in [0, 0.05) is 12.6 Å². The van der Waals surface area contributed by atoms with E-state index in [0.717, 1.165) is 12.4 Å². The van der Waals surface area contributed by atoms with E-state index in [-0.39, 0.29) is 0 Å². The molecule has 0 saturated heterocycles. The molecule has 1 N–H and O–H groups in total. The molecular formula is C8H14N4. The van der Waals surface area contributed by atoms with Crippen molar-refractivity contribution in [1.29, 1.82) is 0 Å². The maximum absolute atomic E-state index is 3.80. The summed E-state index contributed by atoms with van der Waals surface area (Å²) in [6.45, 7) is 3.15. The molecule has 0 aliphatic rings. The van der Waals surface area contributed by atoms with Crippen molar-refractivity contribution < 1.29 is 0 Å². The number of nitrogens with zero attached hydrogens (tertiary/aromatic N) is 3. The topological polar surface area (TPSA) is 50.7 Å². The van der Waals surface area contributed by atoms with Crippen LogP contribution < -0.4 is 5.32 Å². The molecule has 12 heavy (non-hydrogen) atoms. The Hall–Kier alpha value is -1.19. The van der Waals surface area contributed by atoms with Crippen LogP contribution in [0.2, 0.25) is 0 Å². The summed E-state index contributed by atoms with van der Waals surface area (Å²) in [6, 6.07) is 1.82. The maximum Gasteiger partial charge on any atom is 0.152 e.